The number of aldehydes is 1. The van der Waals surface area contributed by atoms with Crippen molar-refractivity contribution >= 4 is 12.2 Å². The fourth-order valence-electron chi connectivity index (χ4n) is 1.85. The molecule has 1 amide bonds. The van der Waals surface area contributed by atoms with Crippen LogP contribution in [0.15, 0.2) is 0 Å². The first-order valence-electron chi connectivity index (χ1n) is 5.62. The van der Waals surface area contributed by atoms with E-state index in [1.165, 1.54) is 0 Å². The van der Waals surface area contributed by atoms with Gasteiger partial charge in [0.2, 0.25) is 5.91 Å². The van der Waals surface area contributed by atoms with Gasteiger partial charge < -0.3 is 15.4 Å². The molecule has 1 saturated heterocycles. The van der Waals surface area contributed by atoms with Crippen LogP contribution < -0.4 is 10.6 Å². The molecule has 1 aliphatic rings. The van der Waals surface area contributed by atoms with Crippen LogP contribution in [0.25, 0.3) is 0 Å². The Morgan fingerprint density at radius 3 is 2.80 bits per heavy atom. The predicted octanol–water partition coefficient (Wildman–Crippen LogP) is 0.468. The molecular formula is C11H20N2O2. The minimum absolute atomic E-state index is 0.0368. The standard InChI is InChI=1S/C11H20N2O2/c1-8(2)6-9(7-14)13-11(15)10-4-3-5-12-10/h7-10,12H,3-6H2,1-2H3,(H,13,15). The third kappa shape index (κ3) is 4.00. The van der Waals surface area contributed by atoms with Crippen LogP contribution >= 0.6 is 0 Å². The van der Waals surface area contributed by atoms with Gasteiger partial charge in [0.05, 0.1) is 12.1 Å². The van der Waals surface area contributed by atoms with Crippen molar-refractivity contribution in [3.05, 3.63) is 0 Å². The van der Waals surface area contributed by atoms with E-state index in [1.54, 1.807) is 0 Å². The van der Waals surface area contributed by atoms with Gasteiger partial charge in [0.1, 0.15) is 6.29 Å². The SMILES string of the molecule is CC(C)CC(C=O)NC(=O)C1CCCN1. The first-order chi connectivity index (χ1) is 7.13. The molecule has 1 fully saturated rings. The topological polar surface area (TPSA) is 58.2 Å². The molecule has 1 rings (SSSR count). The second-order valence-corrected chi connectivity index (χ2v) is 4.53. The average molecular weight is 212 g/mol. The van der Waals surface area contributed by atoms with Gasteiger partial charge in [0.15, 0.2) is 0 Å². The summed E-state index contributed by atoms with van der Waals surface area (Å²) in [6.07, 6.45) is 3.45. The summed E-state index contributed by atoms with van der Waals surface area (Å²) in [4.78, 5) is 22.4. The molecule has 2 atom stereocenters. The van der Waals surface area contributed by atoms with Crippen molar-refractivity contribution in [1.82, 2.24) is 10.6 Å². The highest BCUT2D eigenvalue weighted by Crippen LogP contribution is 2.07. The van der Waals surface area contributed by atoms with E-state index in [9.17, 15) is 9.59 Å². The Morgan fingerprint density at radius 1 is 1.60 bits per heavy atom. The molecule has 0 bridgehead atoms. The maximum absolute atomic E-state index is 11.7. The lowest BCUT2D eigenvalue weighted by Crippen LogP contribution is -2.46. The summed E-state index contributed by atoms with van der Waals surface area (Å²) >= 11 is 0. The highest BCUT2D eigenvalue weighted by atomic mass is 16.2. The summed E-state index contributed by atoms with van der Waals surface area (Å²) in [5.74, 6) is 0.377. The molecule has 2 N–H and O–H groups in total. The van der Waals surface area contributed by atoms with Crippen LogP contribution in [0.4, 0.5) is 0 Å². The summed E-state index contributed by atoms with van der Waals surface area (Å²) in [7, 11) is 0. The van der Waals surface area contributed by atoms with E-state index in [1.807, 2.05) is 13.8 Å². The van der Waals surface area contributed by atoms with Crippen LogP contribution in [0.2, 0.25) is 0 Å². The monoisotopic (exact) mass is 212 g/mol. The van der Waals surface area contributed by atoms with E-state index in [-0.39, 0.29) is 18.0 Å². The van der Waals surface area contributed by atoms with E-state index in [0.717, 1.165) is 25.7 Å². The van der Waals surface area contributed by atoms with E-state index in [2.05, 4.69) is 10.6 Å². The molecule has 2 unspecified atom stereocenters. The zero-order valence-electron chi connectivity index (χ0n) is 9.45. The van der Waals surface area contributed by atoms with Crippen molar-refractivity contribution in [2.24, 2.45) is 5.92 Å². The van der Waals surface area contributed by atoms with Crippen LogP contribution in [0.3, 0.4) is 0 Å². The molecule has 1 aliphatic heterocycles. The second kappa shape index (κ2) is 5.85. The minimum Gasteiger partial charge on any atom is -0.345 e. The molecule has 0 aromatic carbocycles. The Kier molecular flexibility index (Phi) is 4.75. The van der Waals surface area contributed by atoms with Gasteiger partial charge in [-0.3, -0.25) is 4.79 Å². The first-order valence-corrected chi connectivity index (χ1v) is 5.62. The van der Waals surface area contributed by atoms with Gasteiger partial charge in [-0.15, -0.1) is 0 Å². The molecule has 0 spiro atoms. The Hall–Kier alpha value is -0.900. The van der Waals surface area contributed by atoms with Gasteiger partial charge in [-0.25, -0.2) is 0 Å². The van der Waals surface area contributed by atoms with E-state index in [4.69, 9.17) is 0 Å². The van der Waals surface area contributed by atoms with Gasteiger partial charge in [-0.2, -0.15) is 0 Å². The highest BCUT2D eigenvalue weighted by molar-refractivity contribution is 5.84. The molecule has 0 radical (unpaired) electrons. The lowest BCUT2D eigenvalue weighted by Gasteiger charge is -2.17. The normalized spacial score (nSPS) is 22.7. The molecular weight excluding hydrogens is 192 g/mol. The number of rotatable bonds is 5. The molecule has 0 aromatic rings. The maximum Gasteiger partial charge on any atom is 0.237 e. The first kappa shape index (κ1) is 12.2. The summed E-state index contributed by atoms with van der Waals surface area (Å²) in [6, 6.07) is -0.431. The van der Waals surface area contributed by atoms with Crippen molar-refractivity contribution in [2.75, 3.05) is 6.54 Å². The van der Waals surface area contributed by atoms with Crippen molar-refractivity contribution in [3.8, 4) is 0 Å². The zero-order valence-corrected chi connectivity index (χ0v) is 9.45. The Bertz CT molecular complexity index is 223. The lowest BCUT2D eigenvalue weighted by molar-refractivity contribution is -0.125. The summed E-state index contributed by atoms with van der Waals surface area (Å²) in [5.41, 5.74) is 0. The Balaban J connectivity index is 2.36. The number of carbonyl (C=O) groups is 2. The van der Waals surface area contributed by atoms with Crippen molar-refractivity contribution in [2.45, 2.75) is 45.2 Å². The molecule has 4 nitrogen and oxygen atoms in total. The molecule has 0 aromatic heterocycles. The molecule has 1 heterocycles. The Labute approximate surface area is 90.8 Å². The van der Waals surface area contributed by atoms with Crippen LogP contribution in [0, 0.1) is 5.92 Å². The number of hydrogen-bond acceptors (Lipinski definition) is 3. The zero-order chi connectivity index (χ0) is 11.3. The van der Waals surface area contributed by atoms with Crippen molar-refractivity contribution < 1.29 is 9.59 Å². The number of carbonyl (C=O) groups excluding carboxylic acids is 2. The van der Waals surface area contributed by atoms with E-state index < -0.39 is 0 Å². The summed E-state index contributed by atoms with van der Waals surface area (Å²) < 4.78 is 0. The third-order valence-electron chi connectivity index (χ3n) is 2.59. The smallest absolute Gasteiger partial charge is 0.237 e. The average Bonchev–Trinajstić information content (AvgIpc) is 2.68. The molecule has 0 saturated carbocycles. The fourth-order valence-corrected chi connectivity index (χ4v) is 1.85. The number of amides is 1. The van der Waals surface area contributed by atoms with Gasteiger partial charge in [0, 0.05) is 0 Å². The van der Waals surface area contributed by atoms with Crippen LogP contribution in [0.5, 0.6) is 0 Å². The predicted molar refractivity (Wildman–Crippen MR) is 58.5 cm³/mol. The Morgan fingerprint density at radius 2 is 2.33 bits per heavy atom. The highest BCUT2D eigenvalue weighted by Gasteiger charge is 2.24. The molecule has 86 valence electrons. The van der Waals surface area contributed by atoms with Crippen LogP contribution in [-0.2, 0) is 9.59 Å². The van der Waals surface area contributed by atoms with Crippen LogP contribution in [0.1, 0.15) is 33.1 Å². The summed E-state index contributed by atoms with van der Waals surface area (Å²) in [5, 5.41) is 5.88. The minimum atomic E-state index is -0.333. The largest absolute Gasteiger partial charge is 0.345 e. The van der Waals surface area contributed by atoms with Gasteiger partial charge in [-0.05, 0) is 31.7 Å². The number of hydrogen-bond donors (Lipinski definition) is 2. The van der Waals surface area contributed by atoms with Gasteiger partial charge in [0.25, 0.3) is 0 Å². The van der Waals surface area contributed by atoms with Gasteiger partial charge >= 0.3 is 0 Å². The fraction of sp³-hybridized carbons (Fsp3) is 0.818. The summed E-state index contributed by atoms with van der Waals surface area (Å²) in [6.45, 7) is 4.97. The van der Waals surface area contributed by atoms with Crippen LogP contribution in [-0.4, -0.2) is 30.8 Å². The molecule has 0 aliphatic carbocycles. The second-order valence-electron chi connectivity index (χ2n) is 4.53. The number of nitrogens with one attached hydrogen (secondary N) is 2. The third-order valence-corrected chi connectivity index (χ3v) is 2.59. The van der Waals surface area contributed by atoms with Crippen molar-refractivity contribution in [3.63, 3.8) is 0 Å². The van der Waals surface area contributed by atoms with E-state index >= 15 is 0 Å². The van der Waals surface area contributed by atoms with E-state index in [0.29, 0.717) is 12.3 Å². The molecule has 15 heavy (non-hydrogen) atoms. The maximum atomic E-state index is 11.7. The lowest BCUT2D eigenvalue weighted by atomic mass is 10.0. The quantitative estimate of drug-likeness (QED) is 0.651. The van der Waals surface area contributed by atoms with Gasteiger partial charge in [-0.1, -0.05) is 13.8 Å². The molecule has 4 heteroatoms. The van der Waals surface area contributed by atoms with Crippen molar-refractivity contribution in [1.29, 1.82) is 0 Å².